The number of carbonyl (C=O) groups excluding carboxylic acids is 3. The van der Waals surface area contributed by atoms with Crippen LogP contribution < -0.4 is 19.7 Å². The molecule has 1 N–H and O–H groups in total. The molecule has 0 unspecified atom stereocenters. The average molecular weight is 382 g/mol. The molecule has 146 valence electrons. The lowest BCUT2D eigenvalue weighted by atomic mass is 10.1. The van der Waals surface area contributed by atoms with E-state index in [2.05, 4.69) is 5.32 Å². The van der Waals surface area contributed by atoms with Gasteiger partial charge >= 0.3 is 0 Å². The molecule has 7 nitrogen and oxygen atoms in total. The number of Topliss-reactive ketones (excluding diaryl/α,β-unsaturated/α-hetero) is 1. The summed E-state index contributed by atoms with van der Waals surface area (Å²) in [6, 6.07) is 11.7. The molecule has 0 bridgehead atoms. The van der Waals surface area contributed by atoms with Crippen molar-refractivity contribution in [2.75, 3.05) is 23.9 Å². The Balaban J connectivity index is 1.81. The lowest BCUT2D eigenvalue weighted by Gasteiger charge is -2.27. The van der Waals surface area contributed by atoms with Crippen molar-refractivity contribution in [3.05, 3.63) is 48.0 Å². The Bertz CT molecular complexity index is 925. The van der Waals surface area contributed by atoms with E-state index >= 15 is 0 Å². The highest BCUT2D eigenvalue weighted by molar-refractivity contribution is 6.04. The fraction of sp³-hybridized carbons (Fsp3) is 0.286. The smallest absolute Gasteiger partial charge is 0.265 e. The van der Waals surface area contributed by atoms with Gasteiger partial charge < -0.3 is 19.7 Å². The third kappa shape index (κ3) is 3.98. The molecule has 2 aromatic carbocycles. The molecule has 2 amide bonds. The van der Waals surface area contributed by atoms with Gasteiger partial charge in [0.1, 0.15) is 0 Å². The zero-order valence-corrected chi connectivity index (χ0v) is 16.0. The molecule has 0 radical (unpaired) electrons. The molecule has 0 aromatic heterocycles. The molecular formula is C21H22N2O5. The van der Waals surface area contributed by atoms with E-state index < -0.39 is 0 Å². The first kappa shape index (κ1) is 19.4. The fourth-order valence-electron chi connectivity index (χ4n) is 3.18. The van der Waals surface area contributed by atoms with Crippen LogP contribution in [0.3, 0.4) is 0 Å². The third-order valence-electron chi connectivity index (χ3n) is 4.55. The molecule has 28 heavy (non-hydrogen) atoms. The quantitative estimate of drug-likeness (QED) is 0.804. The van der Waals surface area contributed by atoms with Gasteiger partial charge in [-0.1, -0.05) is 12.1 Å². The van der Waals surface area contributed by atoms with Crippen LogP contribution in [-0.2, 0) is 9.59 Å². The van der Waals surface area contributed by atoms with Crippen molar-refractivity contribution in [1.29, 1.82) is 0 Å². The number of amides is 2. The summed E-state index contributed by atoms with van der Waals surface area (Å²) in [7, 11) is 1.47. The molecule has 1 atom stereocenters. The monoisotopic (exact) mass is 382 g/mol. The minimum atomic E-state index is -0.318. The number of para-hydroxylation sites is 2. The van der Waals surface area contributed by atoms with Gasteiger partial charge in [0.15, 0.2) is 23.9 Å². The van der Waals surface area contributed by atoms with Gasteiger partial charge in [0.05, 0.1) is 18.5 Å². The van der Waals surface area contributed by atoms with Gasteiger partial charge in [0.25, 0.3) is 5.91 Å². The molecule has 7 heteroatoms. The normalized spacial score (nSPS) is 15.9. The summed E-state index contributed by atoms with van der Waals surface area (Å²) in [5.41, 5.74) is 1.72. The summed E-state index contributed by atoms with van der Waals surface area (Å²) in [5, 5.41) is 2.82. The highest BCUT2D eigenvalue weighted by Gasteiger charge is 2.29. The summed E-state index contributed by atoms with van der Waals surface area (Å²) in [5.74, 6) is 0.229. The Labute approximate surface area is 163 Å². The van der Waals surface area contributed by atoms with Crippen LogP contribution in [0.4, 0.5) is 11.4 Å². The van der Waals surface area contributed by atoms with Crippen LogP contribution in [0.25, 0.3) is 0 Å². The van der Waals surface area contributed by atoms with Crippen molar-refractivity contribution < 1.29 is 23.9 Å². The molecule has 0 aliphatic carbocycles. The minimum Gasteiger partial charge on any atom is -0.493 e. The van der Waals surface area contributed by atoms with Crippen molar-refractivity contribution in [2.24, 2.45) is 0 Å². The van der Waals surface area contributed by atoms with E-state index in [9.17, 15) is 14.4 Å². The number of benzene rings is 2. The molecule has 3 rings (SSSR count). The molecular weight excluding hydrogens is 360 g/mol. The number of fused-ring (bicyclic) bond motifs is 1. The van der Waals surface area contributed by atoms with E-state index in [1.807, 2.05) is 13.0 Å². The number of ketones is 1. The second-order valence-corrected chi connectivity index (χ2v) is 6.59. The minimum absolute atomic E-state index is 0.0897. The number of hydrogen-bond acceptors (Lipinski definition) is 5. The second kappa shape index (κ2) is 8.12. The first-order chi connectivity index (χ1) is 13.4. The second-order valence-electron chi connectivity index (χ2n) is 6.59. The van der Waals surface area contributed by atoms with Crippen LogP contribution >= 0.6 is 0 Å². The number of hydrogen-bond donors (Lipinski definition) is 1. The number of ether oxygens (including phenoxy) is 2. The van der Waals surface area contributed by atoms with Crippen LogP contribution in [-0.4, -0.2) is 37.4 Å². The largest absolute Gasteiger partial charge is 0.493 e. The van der Waals surface area contributed by atoms with Crippen LogP contribution in [0.5, 0.6) is 11.5 Å². The molecule has 0 spiro atoms. The Morgan fingerprint density at radius 2 is 1.93 bits per heavy atom. The van der Waals surface area contributed by atoms with Gasteiger partial charge in [-0.15, -0.1) is 0 Å². The van der Waals surface area contributed by atoms with E-state index in [1.54, 1.807) is 41.3 Å². The molecule has 0 saturated heterocycles. The Hall–Kier alpha value is -3.35. The predicted molar refractivity (Wildman–Crippen MR) is 105 cm³/mol. The van der Waals surface area contributed by atoms with Crippen LogP contribution in [0.15, 0.2) is 42.5 Å². The molecule has 0 saturated carbocycles. The lowest BCUT2D eigenvalue weighted by Crippen LogP contribution is -2.41. The maximum absolute atomic E-state index is 12.9. The zero-order valence-electron chi connectivity index (χ0n) is 16.0. The van der Waals surface area contributed by atoms with Crippen molar-refractivity contribution >= 4 is 29.0 Å². The highest BCUT2D eigenvalue weighted by Crippen LogP contribution is 2.32. The summed E-state index contributed by atoms with van der Waals surface area (Å²) >= 11 is 0. The van der Waals surface area contributed by atoms with Gasteiger partial charge in [0.2, 0.25) is 5.91 Å². The van der Waals surface area contributed by atoms with E-state index in [4.69, 9.17) is 9.47 Å². The Morgan fingerprint density at radius 3 is 2.64 bits per heavy atom. The zero-order chi connectivity index (χ0) is 20.3. The SMILES string of the molecule is COc1cc(C(C)=O)ccc1OCC(=O)N1c2ccccc2NC(=O)C[C@H]1C. The Kier molecular flexibility index (Phi) is 5.63. The van der Waals surface area contributed by atoms with E-state index in [-0.39, 0.29) is 36.7 Å². The number of nitrogens with zero attached hydrogens (tertiary/aromatic N) is 1. The topological polar surface area (TPSA) is 84.9 Å². The van der Waals surface area contributed by atoms with Crippen molar-refractivity contribution in [3.63, 3.8) is 0 Å². The lowest BCUT2D eigenvalue weighted by molar-refractivity contribution is -0.121. The first-order valence-electron chi connectivity index (χ1n) is 8.93. The average Bonchev–Trinajstić information content (AvgIpc) is 2.80. The van der Waals surface area contributed by atoms with Crippen molar-refractivity contribution in [2.45, 2.75) is 26.3 Å². The van der Waals surface area contributed by atoms with Gasteiger partial charge in [-0.25, -0.2) is 0 Å². The number of rotatable bonds is 5. The van der Waals surface area contributed by atoms with Crippen LogP contribution in [0.2, 0.25) is 0 Å². The van der Waals surface area contributed by atoms with E-state index in [1.165, 1.54) is 14.0 Å². The van der Waals surface area contributed by atoms with Gasteiger partial charge in [0, 0.05) is 18.0 Å². The predicted octanol–water partition coefficient (Wildman–Crippen LogP) is 3.04. The molecule has 1 aliphatic heterocycles. The van der Waals surface area contributed by atoms with Gasteiger partial charge in [-0.2, -0.15) is 0 Å². The van der Waals surface area contributed by atoms with E-state index in [0.717, 1.165) is 0 Å². The standard InChI is InChI=1S/C21H22N2O5/c1-13-10-20(25)22-16-6-4-5-7-17(16)23(13)21(26)12-28-18-9-8-15(14(2)24)11-19(18)27-3/h4-9,11,13H,10,12H2,1-3H3,(H,22,25)/t13-/m1/s1. The van der Waals surface area contributed by atoms with Crippen molar-refractivity contribution in [3.8, 4) is 11.5 Å². The first-order valence-corrected chi connectivity index (χ1v) is 8.93. The van der Waals surface area contributed by atoms with Crippen molar-refractivity contribution in [1.82, 2.24) is 0 Å². The molecule has 0 fully saturated rings. The summed E-state index contributed by atoms with van der Waals surface area (Å²) in [4.78, 5) is 38.1. The van der Waals surface area contributed by atoms with E-state index in [0.29, 0.717) is 28.4 Å². The summed E-state index contributed by atoms with van der Waals surface area (Å²) in [6.07, 6.45) is 0.192. The third-order valence-corrected chi connectivity index (χ3v) is 4.55. The van der Waals surface area contributed by atoms with Gasteiger partial charge in [-0.3, -0.25) is 14.4 Å². The van der Waals surface area contributed by atoms with Gasteiger partial charge in [-0.05, 0) is 44.2 Å². The summed E-state index contributed by atoms with van der Waals surface area (Å²) < 4.78 is 10.9. The van der Waals surface area contributed by atoms with Crippen LogP contribution in [0, 0.1) is 0 Å². The fourth-order valence-corrected chi connectivity index (χ4v) is 3.18. The summed E-state index contributed by atoms with van der Waals surface area (Å²) in [6.45, 7) is 3.05. The maximum Gasteiger partial charge on any atom is 0.265 e. The molecule has 1 aliphatic rings. The Morgan fingerprint density at radius 1 is 1.18 bits per heavy atom. The molecule has 2 aromatic rings. The highest BCUT2D eigenvalue weighted by atomic mass is 16.5. The number of nitrogens with one attached hydrogen (secondary N) is 1. The van der Waals surface area contributed by atoms with Crippen LogP contribution in [0.1, 0.15) is 30.6 Å². The number of methoxy groups -OCH3 is 1. The maximum atomic E-state index is 12.9. The number of carbonyl (C=O) groups is 3. The number of anilines is 2. The molecule has 1 heterocycles.